The molecule has 2 aromatic carbocycles. The van der Waals surface area contributed by atoms with Crippen molar-refractivity contribution in [1.82, 2.24) is 4.90 Å². The molecule has 0 aromatic heterocycles. The van der Waals surface area contributed by atoms with Crippen LogP contribution in [-0.2, 0) is 19.6 Å². The number of rotatable bonds is 4. The van der Waals surface area contributed by atoms with E-state index in [9.17, 15) is 10.1 Å². The van der Waals surface area contributed by atoms with Crippen LogP contribution in [0.3, 0.4) is 0 Å². The van der Waals surface area contributed by atoms with Crippen LogP contribution in [0.2, 0.25) is 0 Å². The summed E-state index contributed by atoms with van der Waals surface area (Å²) in [5.74, 6) is 0. The van der Waals surface area contributed by atoms with Crippen LogP contribution < -0.4 is 5.32 Å². The van der Waals surface area contributed by atoms with E-state index in [1.165, 1.54) is 17.2 Å². The molecule has 2 aromatic rings. The Balaban J connectivity index is 1.84. The third kappa shape index (κ3) is 2.60. The van der Waals surface area contributed by atoms with Crippen molar-refractivity contribution in [3.05, 3.63) is 69.3 Å². The molecule has 3 rings (SSSR count). The number of anilines is 1. The van der Waals surface area contributed by atoms with Gasteiger partial charge in [-0.2, -0.15) is 0 Å². The Kier molecular flexibility index (Phi) is 3.58. The molecule has 0 unspecified atom stereocenters. The highest BCUT2D eigenvalue weighted by atomic mass is 16.6. The maximum atomic E-state index is 11.1. The van der Waals surface area contributed by atoms with E-state index in [1.807, 2.05) is 6.07 Å². The van der Waals surface area contributed by atoms with Crippen molar-refractivity contribution in [1.29, 1.82) is 0 Å². The number of hydrogen-bond acceptors (Lipinski definition) is 4. The Bertz CT molecular complexity index is 660. The topological polar surface area (TPSA) is 58.4 Å². The Morgan fingerprint density at radius 1 is 1.14 bits per heavy atom. The van der Waals surface area contributed by atoms with Crippen molar-refractivity contribution >= 4 is 11.4 Å². The third-order valence-corrected chi connectivity index (χ3v) is 3.88. The maximum absolute atomic E-state index is 11.1. The molecule has 0 radical (unpaired) electrons. The predicted octanol–water partition coefficient (Wildman–Crippen LogP) is 3.15. The summed E-state index contributed by atoms with van der Waals surface area (Å²) in [7, 11) is 1.73. The van der Waals surface area contributed by atoms with Crippen molar-refractivity contribution in [2.75, 3.05) is 12.4 Å². The Morgan fingerprint density at radius 2 is 1.81 bits per heavy atom. The lowest BCUT2D eigenvalue weighted by Crippen LogP contribution is -2.17. The molecule has 108 valence electrons. The van der Waals surface area contributed by atoms with Gasteiger partial charge in [0, 0.05) is 32.7 Å². The first-order chi connectivity index (χ1) is 10.2. The van der Waals surface area contributed by atoms with Gasteiger partial charge in [-0.1, -0.05) is 36.4 Å². The molecule has 5 heteroatoms. The molecular weight excluding hydrogens is 266 g/mol. The van der Waals surface area contributed by atoms with E-state index < -0.39 is 0 Å². The molecule has 21 heavy (non-hydrogen) atoms. The fraction of sp³-hybridized carbons (Fsp3) is 0.250. The van der Waals surface area contributed by atoms with Gasteiger partial charge in [-0.3, -0.25) is 15.0 Å². The highest BCUT2D eigenvalue weighted by Crippen LogP contribution is 2.31. The van der Waals surface area contributed by atoms with Crippen molar-refractivity contribution in [3.8, 4) is 0 Å². The molecule has 0 aliphatic carbocycles. The summed E-state index contributed by atoms with van der Waals surface area (Å²) in [5, 5.41) is 14.1. The van der Waals surface area contributed by atoms with Gasteiger partial charge >= 0.3 is 0 Å². The largest absolute Gasteiger partial charge is 0.382 e. The SMILES string of the molecule is CNc1c(CN2Cc3ccccc3C2)cccc1[N+](=O)[O-]. The minimum Gasteiger partial charge on any atom is -0.382 e. The Morgan fingerprint density at radius 3 is 2.38 bits per heavy atom. The zero-order chi connectivity index (χ0) is 14.8. The van der Waals surface area contributed by atoms with Crippen LogP contribution in [0, 0.1) is 10.1 Å². The number of benzene rings is 2. The van der Waals surface area contributed by atoms with E-state index in [-0.39, 0.29) is 10.6 Å². The fourth-order valence-corrected chi connectivity index (χ4v) is 2.92. The minimum absolute atomic E-state index is 0.131. The van der Waals surface area contributed by atoms with Crippen molar-refractivity contribution < 1.29 is 4.92 Å². The summed E-state index contributed by atoms with van der Waals surface area (Å²) in [6, 6.07) is 13.6. The van der Waals surface area contributed by atoms with E-state index in [0.717, 1.165) is 18.7 Å². The zero-order valence-corrected chi connectivity index (χ0v) is 11.9. The maximum Gasteiger partial charge on any atom is 0.292 e. The standard InChI is InChI=1S/C16H17N3O2/c1-17-16-14(7-4-8-15(16)19(20)21)11-18-9-12-5-2-3-6-13(12)10-18/h2-8,17H,9-11H2,1H3. The van der Waals surface area contributed by atoms with Gasteiger partial charge in [0.1, 0.15) is 5.69 Å². The molecule has 1 N–H and O–H groups in total. The van der Waals surface area contributed by atoms with Gasteiger partial charge < -0.3 is 5.32 Å². The molecule has 0 saturated carbocycles. The molecule has 5 nitrogen and oxygen atoms in total. The lowest BCUT2D eigenvalue weighted by atomic mass is 10.1. The number of hydrogen-bond donors (Lipinski definition) is 1. The van der Waals surface area contributed by atoms with Gasteiger partial charge in [0.15, 0.2) is 0 Å². The van der Waals surface area contributed by atoms with Gasteiger partial charge in [0.25, 0.3) is 5.69 Å². The first kappa shape index (κ1) is 13.6. The van der Waals surface area contributed by atoms with Gasteiger partial charge in [0.05, 0.1) is 4.92 Å². The first-order valence-corrected chi connectivity index (χ1v) is 6.92. The average Bonchev–Trinajstić information content (AvgIpc) is 2.89. The third-order valence-electron chi connectivity index (χ3n) is 3.88. The van der Waals surface area contributed by atoms with Crippen LogP contribution in [0.15, 0.2) is 42.5 Å². The molecule has 0 bridgehead atoms. The quantitative estimate of drug-likeness (QED) is 0.691. The lowest BCUT2D eigenvalue weighted by molar-refractivity contribution is -0.384. The Labute approximate surface area is 123 Å². The van der Waals surface area contributed by atoms with E-state index in [1.54, 1.807) is 13.1 Å². The van der Waals surface area contributed by atoms with Crippen LogP contribution in [-0.4, -0.2) is 16.9 Å². The molecule has 1 heterocycles. The van der Waals surface area contributed by atoms with Crippen LogP contribution in [0.1, 0.15) is 16.7 Å². The van der Waals surface area contributed by atoms with Crippen LogP contribution >= 0.6 is 0 Å². The summed E-state index contributed by atoms with van der Waals surface area (Å²) in [5.41, 5.74) is 4.38. The van der Waals surface area contributed by atoms with Crippen LogP contribution in [0.25, 0.3) is 0 Å². The molecule has 1 aliphatic rings. The average molecular weight is 283 g/mol. The summed E-state index contributed by atoms with van der Waals surface area (Å²) >= 11 is 0. The second-order valence-electron chi connectivity index (χ2n) is 5.23. The highest BCUT2D eigenvalue weighted by molar-refractivity contribution is 5.66. The molecule has 0 atom stereocenters. The van der Waals surface area contributed by atoms with Crippen molar-refractivity contribution in [2.45, 2.75) is 19.6 Å². The smallest absolute Gasteiger partial charge is 0.292 e. The van der Waals surface area contributed by atoms with Gasteiger partial charge in [0.2, 0.25) is 0 Å². The predicted molar refractivity (Wildman–Crippen MR) is 82.0 cm³/mol. The summed E-state index contributed by atoms with van der Waals surface area (Å²) in [6.45, 7) is 2.48. The van der Waals surface area contributed by atoms with Crippen LogP contribution in [0.4, 0.5) is 11.4 Å². The molecule has 0 spiro atoms. The molecular formula is C16H17N3O2. The Hall–Kier alpha value is -2.40. The highest BCUT2D eigenvalue weighted by Gasteiger charge is 2.22. The number of fused-ring (bicyclic) bond motifs is 1. The van der Waals surface area contributed by atoms with E-state index >= 15 is 0 Å². The zero-order valence-electron chi connectivity index (χ0n) is 11.9. The van der Waals surface area contributed by atoms with E-state index in [4.69, 9.17) is 0 Å². The van der Waals surface area contributed by atoms with Gasteiger partial charge in [-0.15, -0.1) is 0 Å². The molecule has 0 amide bonds. The number of nitrogens with one attached hydrogen (secondary N) is 1. The summed E-state index contributed by atoms with van der Waals surface area (Å²) in [4.78, 5) is 13.1. The monoisotopic (exact) mass is 283 g/mol. The number of para-hydroxylation sites is 1. The van der Waals surface area contributed by atoms with Gasteiger partial charge in [-0.05, 0) is 16.7 Å². The molecule has 0 fully saturated rings. The first-order valence-electron chi connectivity index (χ1n) is 6.92. The summed E-state index contributed by atoms with van der Waals surface area (Å²) < 4.78 is 0. The van der Waals surface area contributed by atoms with E-state index in [0.29, 0.717) is 12.2 Å². The molecule has 1 aliphatic heterocycles. The van der Waals surface area contributed by atoms with Crippen molar-refractivity contribution in [3.63, 3.8) is 0 Å². The lowest BCUT2D eigenvalue weighted by Gasteiger charge is -2.17. The number of nitrogens with zero attached hydrogens (tertiary/aromatic N) is 2. The minimum atomic E-state index is -0.339. The van der Waals surface area contributed by atoms with E-state index in [2.05, 4.69) is 34.5 Å². The second-order valence-corrected chi connectivity index (χ2v) is 5.23. The molecule has 0 saturated heterocycles. The number of nitro benzene ring substituents is 1. The van der Waals surface area contributed by atoms with Gasteiger partial charge in [-0.25, -0.2) is 0 Å². The second kappa shape index (κ2) is 5.54. The summed E-state index contributed by atoms with van der Waals surface area (Å²) in [6.07, 6.45) is 0. The van der Waals surface area contributed by atoms with Crippen LogP contribution in [0.5, 0.6) is 0 Å². The fourth-order valence-electron chi connectivity index (χ4n) is 2.92. The normalized spacial score (nSPS) is 14.0. The van der Waals surface area contributed by atoms with Crippen molar-refractivity contribution in [2.24, 2.45) is 0 Å². The number of nitro groups is 1.